The molecule has 0 fully saturated rings. The summed E-state index contributed by atoms with van der Waals surface area (Å²) in [5, 5.41) is 0. The van der Waals surface area contributed by atoms with Crippen molar-refractivity contribution in [3.63, 3.8) is 0 Å². The first kappa shape index (κ1) is 9.81. The summed E-state index contributed by atoms with van der Waals surface area (Å²) in [6.45, 7) is -0.332. The number of hydrogen-bond donors (Lipinski definition) is 0. The Balaban J connectivity index is 2.38. The quantitative estimate of drug-likeness (QED) is 0.591. The van der Waals surface area contributed by atoms with Crippen LogP contribution in [0.1, 0.15) is 6.93 Å². The van der Waals surface area contributed by atoms with Crippen molar-refractivity contribution in [1.29, 1.82) is 0 Å². The lowest BCUT2D eigenvalue weighted by atomic mass is 10.2. The molecule has 2 nitrogen and oxygen atoms in total. The summed E-state index contributed by atoms with van der Waals surface area (Å²) in [5.74, 6) is -0.445. The first-order chi connectivity index (χ1) is 6.97. The zero-order valence-electron chi connectivity index (χ0n) is 8.37. The lowest BCUT2D eigenvalue weighted by molar-refractivity contribution is -0.142. The molecule has 1 aromatic rings. The van der Waals surface area contributed by atoms with E-state index in [0.29, 0.717) is 0 Å². The van der Waals surface area contributed by atoms with Gasteiger partial charge in [0.25, 0.3) is 0 Å². The summed E-state index contributed by atoms with van der Waals surface area (Å²) in [4.78, 5) is 9.46. The van der Waals surface area contributed by atoms with Gasteiger partial charge in [0.15, 0.2) is 0 Å². The largest absolute Gasteiger partial charge is 0.463 e. The van der Waals surface area contributed by atoms with Crippen molar-refractivity contribution in [2.24, 2.45) is 0 Å². The van der Waals surface area contributed by atoms with E-state index in [2.05, 4.69) is 0 Å². The first-order valence-electron chi connectivity index (χ1n) is 4.55. The van der Waals surface area contributed by atoms with Crippen LogP contribution in [0, 0.1) is 0 Å². The summed E-state index contributed by atoms with van der Waals surface area (Å²) in [6.07, 6.45) is 0.157. The molecule has 0 aromatic heterocycles. The van der Waals surface area contributed by atoms with Crippen LogP contribution < -0.4 is 0 Å². The highest BCUT2D eigenvalue weighted by Gasteiger charge is 2.06. The van der Waals surface area contributed by atoms with E-state index >= 15 is 0 Å². The van der Waals surface area contributed by atoms with Gasteiger partial charge in [0.1, 0.15) is 11.4 Å². The lowest BCUT2D eigenvalue weighted by Crippen LogP contribution is -2.12. The molecule has 0 unspecified atom stereocenters. The van der Waals surface area contributed by atoms with E-state index in [4.69, 9.17) is 29.3 Å². The van der Waals surface area contributed by atoms with Crippen LogP contribution in [-0.4, -0.2) is 17.4 Å². The maximum absolute atomic E-state index is 11.2. The van der Waals surface area contributed by atoms with E-state index in [1.54, 1.807) is 0 Å². The molecule has 0 saturated heterocycles. The maximum atomic E-state index is 11.2. The molecular weight excluding hydrogens is 223 g/mol. The molecule has 0 aliphatic rings. The van der Waals surface area contributed by atoms with Gasteiger partial charge in [-0.3, -0.25) is 4.79 Å². The molecule has 0 spiro atoms. The normalized spacial score (nSPS) is 12.0. The topological polar surface area (TPSA) is 26.3 Å². The fraction of sp³-hybridized carbons (Fsp3) is 0.300. The number of carbonyl (C=O) groups excluding carboxylic acids is 1. The Morgan fingerprint density at radius 3 is 2.64 bits per heavy atom. The van der Waals surface area contributed by atoms with E-state index in [-0.39, 0.29) is 13.0 Å². The van der Waals surface area contributed by atoms with Crippen LogP contribution in [0.15, 0.2) is 30.3 Å². The lowest BCUT2D eigenvalue weighted by Gasteiger charge is -2.04. The zero-order chi connectivity index (χ0) is 11.3. The number of hydrogen-bond acceptors (Lipinski definition) is 2. The Morgan fingerprint density at radius 2 is 2.07 bits per heavy atom. The molecular formula is C10H10Cl2O2. The molecule has 0 atom stereocenters. The molecule has 0 N–H and O–H groups in total. The Kier molecular flexibility index (Phi) is 4.13. The van der Waals surface area contributed by atoms with Crippen LogP contribution in [0.3, 0.4) is 0 Å². The number of alkyl halides is 2. The molecule has 14 heavy (non-hydrogen) atoms. The fourth-order valence-corrected chi connectivity index (χ4v) is 1.06. The van der Waals surface area contributed by atoms with Crippen molar-refractivity contribution in [3.05, 3.63) is 35.9 Å². The van der Waals surface area contributed by atoms with Crippen molar-refractivity contribution in [3.8, 4) is 0 Å². The van der Waals surface area contributed by atoms with Gasteiger partial charge in [-0.15, -0.1) is 23.2 Å². The average Bonchev–Trinajstić information content (AvgIpc) is 2.15. The van der Waals surface area contributed by atoms with Gasteiger partial charge in [0, 0.05) is 0 Å². The van der Waals surface area contributed by atoms with Crippen molar-refractivity contribution in [2.75, 3.05) is 6.61 Å². The van der Waals surface area contributed by atoms with Crippen molar-refractivity contribution in [2.45, 2.75) is 11.2 Å². The van der Waals surface area contributed by atoms with Crippen LogP contribution in [-0.2, 0) is 16.0 Å². The van der Waals surface area contributed by atoms with E-state index < -0.39 is 10.8 Å². The van der Waals surface area contributed by atoms with Crippen LogP contribution in [0.2, 0.25) is 0 Å². The fourth-order valence-electron chi connectivity index (χ4n) is 0.949. The average molecular weight is 234 g/mol. The van der Waals surface area contributed by atoms with Gasteiger partial charge in [-0.2, -0.15) is 0 Å². The Bertz CT molecular complexity index is 322. The standard InChI is InChI=1S/C10H10Cl2O2/c11-9(12)7-14-10(13)6-8-4-2-1-3-5-8/h1-5,9H,6-7H2/i9D. The predicted octanol–water partition coefficient (Wildman–Crippen LogP) is 2.58. The molecule has 0 bridgehead atoms. The molecule has 0 aliphatic carbocycles. The summed E-state index contributed by atoms with van der Waals surface area (Å²) in [7, 11) is 0. The first-order valence-corrected chi connectivity index (χ1v) is 4.80. The number of halogens is 2. The molecule has 4 heteroatoms. The van der Waals surface area contributed by atoms with Crippen molar-refractivity contribution < 1.29 is 10.9 Å². The number of ether oxygens (including phenoxy) is 1. The smallest absolute Gasteiger partial charge is 0.310 e. The zero-order valence-corrected chi connectivity index (χ0v) is 8.89. The Morgan fingerprint density at radius 1 is 1.43 bits per heavy atom. The summed E-state index contributed by atoms with van der Waals surface area (Å²) < 4.78 is 11.8. The van der Waals surface area contributed by atoms with Crippen LogP contribution in [0.4, 0.5) is 0 Å². The van der Waals surface area contributed by atoms with Gasteiger partial charge in [0.05, 0.1) is 7.79 Å². The SMILES string of the molecule is [2H]C(Cl)(Cl)COC(=O)Cc1ccccc1. The van der Waals surface area contributed by atoms with Crippen LogP contribution in [0.5, 0.6) is 0 Å². The molecule has 0 radical (unpaired) electrons. The molecule has 0 heterocycles. The molecule has 76 valence electrons. The van der Waals surface area contributed by atoms with Gasteiger partial charge in [0.2, 0.25) is 0 Å². The summed E-state index contributed by atoms with van der Waals surface area (Å²) >= 11 is 10.7. The third kappa shape index (κ3) is 4.49. The highest BCUT2D eigenvalue weighted by molar-refractivity contribution is 6.44. The van der Waals surface area contributed by atoms with Gasteiger partial charge < -0.3 is 4.74 Å². The number of rotatable bonds is 4. The highest BCUT2D eigenvalue weighted by Crippen LogP contribution is 2.04. The molecule has 1 aromatic carbocycles. The third-order valence-corrected chi connectivity index (χ3v) is 1.75. The summed E-state index contributed by atoms with van der Waals surface area (Å²) in [6, 6.07) is 9.16. The second kappa shape index (κ2) is 5.89. The molecule has 0 amide bonds. The van der Waals surface area contributed by atoms with E-state index in [0.717, 1.165) is 5.56 Å². The summed E-state index contributed by atoms with van der Waals surface area (Å²) in [5.41, 5.74) is 0.849. The predicted molar refractivity (Wildman–Crippen MR) is 56.6 cm³/mol. The van der Waals surface area contributed by atoms with Crippen LogP contribution in [0.25, 0.3) is 0 Å². The van der Waals surface area contributed by atoms with E-state index in [1.165, 1.54) is 0 Å². The molecule has 0 saturated carbocycles. The minimum Gasteiger partial charge on any atom is -0.463 e. The van der Waals surface area contributed by atoms with Crippen molar-refractivity contribution >= 4 is 29.2 Å². The van der Waals surface area contributed by atoms with Gasteiger partial charge in [-0.05, 0) is 5.56 Å². The second-order valence-electron chi connectivity index (χ2n) is 2.66. The Labute approximate surface area is 94.2 Å². The number of benzene rings is 1. The number of carbonyl (C=O) groups is 1. The van der Waals surface area contributed by atoms with Crippen molar-refractivity contribution in [1.82, 2.24) is 0 Å². The number of esters is 1. The van der Waals surface area contributed by atoms with Gasteiger partial charge >= 0.3 is 5.97 Å². The monoisotopic (exact) mass is 233 g/mol. The minimum atomic E-state index is -1.77. The third-order valence-electron chi connectivity index (χ3n) is 1.53. The Hall–Kier alpha value is -0.730. The van der Waals surface area contributed by atoms with Crippen LogP contribution >= 0.6 is 23.2 Å². The maximum Gasteiger partial charge on any atom is 0.310 e. The second-order valence-corrected chi connectivity index (χ2v) is 3.77. The van der Waals surface area contributed by atoms with Gasteiger partial charge in [-0.25, -0.2) is 0 Å². The van der Waals surface area contributed by atoms with E-state index in [1.807, 2.05) is 30.3 Å². The minimum absolute atomic E-state index is 0.157. The van der Waals surface area contributed by atoms with E-state index in [9.17, 15) is 4.79 Å². The van der Waals surface area contributed by atoms with Gasteiger partial charge in [-0.1, -0.05) is 30.3 Å². The molecule has 1 rings (SSSR count). The highest BCUT2D eigenvalue weighted by atomic mass is 35.5. The molecule has 0 aliphatic heterocycles.